The fourth-order valence-electron chi connectivity index (χ4n) is 3.62. The first-order valence-electron chi connectivity index (χ1n) is 10.1. The quantitative estimate of drug-likeness (QED) is 0.489. The zero-order chi connectivity index (χ0) is 19.7. The van der Waals surface area contributed by atoms with E-state index in [1.54, 1.807) is 0 Å². The molecule has 0 saturated heterocycles. The Kier molecular flexibility index (Phi) is 5.79. The Morgan fingerprint density at radius 3 is 1.50 bits per heavy atom. The highest BCUT2D eigenvalue weighted by Gasteiger charge is 2.36. The van der Waals surface area contributed by atoms with E-state index in [0.29, 0.717) is 9.81 Å². The minimum absolute atomic E-state index is 0.00760. The number of carbonyl (C=O) groups excluding carboxylic acids is 2. The van der Waals surface area contributed by atoms with Crippen LogP contribution in [0.4, 0.5) is 0 Å². The van der Waals surface area contributed by atoms with Crippen molar-refractivity contribution in [3.8, 4) is 0 Å². The third-order valence-electron chi connectivity index (χ3n) is 5.26. The molecule has 144 valence electrons. The van der Waals surface area contributed by atoms with E-state index in [4.69, 9.17) is 0 Å². The summed E-state index contributed by atoms with van der Waals surface area (Å²) < 4.78 is 0. The maximum absolute atomic E-state index is 13.1. The number of ketones is 2. The molecule has 0 aliphatic carbocycles. The minimum atomic E-state index is 0.00760. The topological polar surface area (TPSA) is 34.1 Å². The molecule has 0 saturated carbocycles. The van der Waals surface area contributed by atoms with E-state index in [9.17, 15) is 9.59 Å². The molecular formula is C24H24O2S2. The second-order valence-electron chi connectivity index (χ2n) is 7.39. The molecule has 2 heterocycles. The summed E-state index contributed by atoms with van der Waals surface area (Å²) in [5.74, 6) is 0.0152. The Morgan fingerprint density at radius 2 is 1.11 bits per heavy atom. The Labute approximate surface area is 175 Å². The van der Waals surface area contributed by atoms with Gasteiger partial charge in [-0.3, -0.25) is 9.59 Å². The van der Waals surface area contributed by atoms with Crippen LogP contribution < -0.4 is 0 Å². The molecule has 0 unspecified atom stereocenters. The van der Waals surface area contributed by atoms with Crippen LogP contribution in [-0.2, 0) is 12.8 Å². The van der Waals surface area contributed by atoms with Crippen molar-refractivity contribution in [2.45, 2.75) is 62.2 Å². The van der Waals surface area contributed by atoms with Gasteiger partial charge in [0.05, 0.1) is 9.81 Å². The zero-order valence-corrected chi connectivity index (χ0v) is 18.0. The summed E-state index contributed by atoms with van der Waals surface area (Å²) in [6, 6.07) is 12.3. The molecule has 0 amide bonds. The molecule has 0 aromatic heterocycles. The van der Waals surface area contributed by atoms with Gasteiger partial charge in [0.25, 0.3) is 0 Å². The van der Waals surface area contributed by atoms with Crippen LogP contribution in [0.3, 0.4) is 0 Å². The van der Waals surface area contributed by atoms with Gasteiger partial charge in [0, 0.05) is 20.9 Å². The number of hydrogen-bond acceptors (Lipinski definition) is 4. The van der Waals surface area contributed by atoms with Crippen LogP contribution >= 0.6 is 23.5 Å². The first-order chi connectivity index (χ1) is 13.6. The van der Waals surface area contributed by atoms with E-state index < -0.39 is 0 Å². The van der Waals surface area contributed by atoms with Gasteiger partial charge in [-0.2, -0.15) is 0 Å². The van der Waals surface area contributed by atoms with E-state index in [1.165, 1.54) is 34.7 Å². The Balaban J connectivity index is 1.63. The molecule has 28 heavy (non-hydrogen) atoms. The van der Waals surface area contributed by atoms with Gasteiger partial charge in [-0.15, -0.1) is 0 Å². The van der Waals surface area contributed by atoms with Crippen molar-refractivity contribution in [3.05, 3.63) is 68.5 Å². The first kappa shape index (κ1) is 19.5. The Morgan fingerprint density at radius 1 is 0.679 bits per heavy atom. The van der Waals surface area contributed by atoms with Crippen LogP contribution in [0.5, 0.6) is 0 Å². The van der Waals surface area contributed by atoms with Crippen LogP contribution in [-0.4, -0.2) is 11.6 Å². The average Bonchev–Trinajstić information content (AvgIpc) is 3.21. The van der Waals surface area contributed by atoms with Crippen molar-refractivity contribution in [1.29, 1.82) is 0 Å². The average molecular weight is 409 g/mol. The van der Waals surface area contributed by atoms with Gasteiger partial charge in [0.2, 0.25) is 11.6 Å². The summed E-state index contributed by atoms with van der Waals surface area (Å²) >= 11 is 2.91. The number of rotatable bonds is 6. The summed E-state index contributed by atoms with van der Waals surface area (Å²) in [4.78, 5) is 29.3. The lowest BCUT2D eigenvalue weighted by Gasteiger charge is -2.02. The van der Waals surface area contributed by atoms with Crippen LogP contribution in [0, 0.1) is 0 Å². The predicted molar refractivity (Wildman–Crippen MR) is 118 cm³/mol. The number of fused-ring (bicyclic) bond motifs is 2. The zero-order valence-electron chi connectivity index (χ0n) is 16.3. The molecule has 0 fully saturated rings. The molecule has 2 nitrogen and oxygen atoms in total. The van der Waals surface area contributed by atoms with Crippen LogP contribution in [0.25, 0.3) is 0 Å². The summed E-state index contributed by atoms with van der Waals surface area (Å²) in [7, 11) is 0. The fourth-order valence-corrected chi connectivity index (χ4v) is 5.88. The highest BCUT2D eigenvalue weighted by atomic mass is 32.2. The summed E-state index contributed by atoms with van der Waals surface area (Å²) in [5, 5.41) is 0. The molecule has 4 rings (SSSR count). The van der Waals surface area contributed by atoms with E-state index >= 15 is 0 Å². The monoisotopic (exact) mass is 408 g/mol. The molecule has 0 atom stereocenters. The van der Waals surface area contributed by atoms with Crippen molar-refractivity contribution in [1.82, 2.24) is 0 Å². The summed E-state index contributed by atoms with van der Waals surface area (Å²) in [6.07, 6.45) is 6.51. The molecule has 2 aliphatic rings. The van der Waals surface area contributed by atoms with Gasteiger partial charge in [0.1, 0.15) is 0 Å². The van der Waals surface area contributed by atoms with Crippen LogP contribution in [0.15, 0.2) is 56.0 Å². The fraction of sp³-hybridized carbons (Fsp3) is 0.333. The Bertz CT molecular complexity index is 909. The molecule has 2 aromatic rings. The Hall–Kier alpha value is -1.78. The van der Waals surface area contributed by atoms with E-state index in [2.05, 4.69) is 26.0 Å². The molecule has 0 bridgehead atoms. The van der Waals surface area contributed by atoms with Gasteiger partial charge in [-0.1, -0.05) is 62.3 Å². The van der Waals surface area contributed by atoms with Crippen molar-refractivity contribution in [2.24, 2.45) is 0 Å². The highest BCUT2D eigenvalue weighted by Crippen LogP contribution is 2.50. The van der Waals surface area contributed by atoms with Crippen LogP contribution in [0.1, 0.15) is 71.4 Å². The van der Waals surface area contributed by atoms with Crippen molar-refractivity contribution >= 4 is 35.1 Å². The maximum Gasteiger partial charge on any atom is 0.202 e. The molecule has 0 spiro atoms. The van der Waals surface area contributed by atoms with Crippen molar-refractivity contribution < 1.29 is 9.59 Å². The molecule has 2 aromatic carbocycles. The summed E-state index contributed by atoms with van der Waals surface area (Å²) in [6.45, 7) is 4.34. The molecule has 0 N–H and O–H groups in total. The number of thioether (sulfide) groups is 2. The van der Waals surface area contributed by atoms with Gasteiger partial charge < -0.3 is 0 Å². The first-order valence-corrected chi connectivity index (χ1v) is 11.7. The standard InChI is InChI=1S/C24H24O2S2/c1-3-5-7-15-9-11-19-17(13-15)21(25)23(27-19)24-22(26)18-14-16(8-6-4-2)10-12-20(18)28-24/h9-14H,3-8H2,1-2H3. The van der Waals surface area contributed by atoms with Gasteiger partial charge in [-0.25, -0.2) is 0 Å². The van der Waals surface area contributed by atoms with E-state index in [0.717, 1.165) is 59.4 Å². The van der Waals surface area contributed by atoms with Crippen molar-refractivity contribution in [3.63, 3.8) is 0 Å². The normalized spacial score (nSPS) is 17.9. The molecular weight excluding hydrogens is 384 g/mol. The largest absolute Gasteiger partial charge is 0.288 e. The molecule has 4 heteroatoms. The van der Waals surface area contributed by atoms with E-state index in [1.807, 2.05) is 24.3 Å². The number of unbranched alkanes of at least 4 members (excludes halogenated alkanes) is 2. The number of allylic oxidation sites excluding steroid dienone is 2. The minimum Gasteiger partial charge on any atom is -0.288 e. The third-order valence-corrected chi connectivity index (χ3v) is 7.73. The van der Waals surface area contributed by atoms with Gasteiger partial charge in [0.15, 0.2) is 0 Å². The lowest BCUT2D eigenvalue weighted by atomic mass is 10.0. The highest BCUT2D eigenvalue weighted by molar-refractivity contribution is 8.08. The molecule has 2 aliphatic heterocycles. The summed E-state index contributed by atoms with van der Waals surface area (Å²) in [5.41, 5.74) is 3.92. The number of aryl methyl sites for hydroxylation is 2. The number of benzene rings is 2. The van der Waals surface area contributed by atoms with Gasteiger partial charge in [-0.05, 0) is 61.1 Å². The van der Waals surface area contributed by atoms with Gasteiger partial charge >= 0.3 is 0 Å². The van der Waals surface area contributed by atoms with Crippen molar-refractivity contribution in [2.75, 3.05) is 0 Å². The van der Waals surface area contributed by atoms with Crippen LogP contribution in [0.2, 0.25) is 0 Å². The maximum atomic E-state index is 13.1. The predicted octanol–water partition coefficient (Wildman–Crippen LogP) is 6.86. The lowest BCUT2D eigenvalue weighted by Crippen LogP contribution is -2.03. The smallest absolute Gasteiger partial charge is 0.202 e. The number of hydrogen-bond donors (Lipinski definition) is 0. The second kappa shape index (κ2) is 8.30. The SMILES string of the molecule is CCCCc1ccc2c(c1)C(=O)C(=C1Sc3ccc(CCCC)cc3C1=O)S2. The second-order valence-corrected chi connectivity index (χ2v) is 9.49. The van der Waals surface area contributed by atoms with E-state index in [-0.39, 0.29) is 11.6 Å². The number of carbonyl (C=O) groups is 2. The number of Topliss-reactive ketones (excluding diaryl/α,β-unsaturated/α-hetero) is 2. The third kappa shape index (κ3) is 3.60. The molecule has 0 radical (unpaired) electrons. The lowest BCUT2D eigenvalue weighted by molar-refractivity contribution is 0.101.